The Bertz CT molecular complexity index is 1200. The number of carbonyl (C=O) groups is 1. The van der Waals surface area contributed by atoms with Crippen molar-refractivity contribution < 1.29 is 13.2 Å². The summed E-state index contributed by atoms with van der Waals surface area (Å²) in [5.74, 6) is 0.558. The van der Waals surface area contributed by atoms with Gasteiger partial charge in [0, 0.05) is 19.2 Å². The van der Waals surface area contributed by atoms with Gasteiger partial charge in [0.25, 0.3) is 0 Å². The van der Waals surface area contributed by atoms with Gasteiger partial charge in [-0.05, 0) is 37.8 Å². The van der Waals surface area contributed by atoms with Crippen molar-refractivity contribution >= 4 is 21.7 Å². The molecule has 174 valence electrons. The summed E-state index contributed by atoms with van der Waals surface area (Å²) in [5.41, 5.74) is 2.38. The van der Waals surface area contributed by atoms with Crippen LogP contribution >= 0.6 is 0 Å². The van der Waals surface area contributed by atoms with E-state index in [-0.39, 0.29) is 11.7 Å². The number of nitrogens with one attached hydrogen (secondary N) is 1. The Morgan fingerprint density at radius 3 is 2.33 bits per heavy atom. The van der Waals surface area contributed by atoms with Gasteiger partial charge >= 0.3 is 0 Å². The van der Waals surface area contributed by atoms with E-state index < -0.39 is 15.4 Å². The molecule has 1 aromatic heterocycles. The van der Waals surface area contributed by atoms with Crippen LogP contribution in [-0.2, 0) is 26.8 Å². The maximum atomic E-state index is 13.7. The predicted molar refractivity (Wildman–Crippen MR) is 130 cm³/mol. The summed E-state index contributed by atoms with van der Waals surface area (Å²) in [5, 5.41) is 7.49. The van der Waals surface area contributed by atoms with Crippen molar-refractivity contribution in [2.24, 2.45) is 0 Å². The fourth-order valence-electron chi connectivity index (χ4n) is 4.40. The molecule has 1 saturated heterocycles. The lowest BCUT2D eigenvalue weighted by Crippen LogP contribution is -2.51. The van der Waals surface area contributed by atoms with Crippen molar-refractivity contribution in [3.63, 3.8) is 0 Å². The van der Waals surface area contributed by atoms with Crippen LogP contribution < -0.4 is 5.32 Å². The number of nitrogens with zero attached hydrogens (tertiary/aromatic N) is 3. The molecule has 1 N–H and O–H groups in total. The maximum Gasteiger partial charge on any atom is 0.236 e. The number of hydrogen-bond acceptors (Lipinski definition) is 4. The lowest BCUT2D eigenvalue weighted by atomic mass is 9.72. The van der Waals surface area contributed by atoms with Crippen LogP contribution in [0, 0.1) is 6.92 Å². The summed E-state index contributed by atoms with van der Waals surface area (Å²) in [6, 6.07) is 19.7. The number of aryl methyl sites for hydroxylation is 1. The van der Waals surface area contributed by atoms with Crippen molar-refractivity contribution in [2.45, 2.75) is 38.6 Å². The average molecular weight is 467 g/mol. The van der Waals surface area contributed by atoms with E-state index in [1.54, 1.807) is 23.9 Å². The first-order valence-corrected chi connectivity index (χ1v) is 12.9. The largest absolute Gasteiger partial charge is 0.310 e. The Morgan fingerprint density at radius 1 is 1.03 bits per heavy atom. The summed E-state index contributed by atoms with van der Waals surface area (Å²) in [6.45, 7) is 4.88. The molecule has 0 atom stereocenters. The van der Waals surface area contributed by atoms with Gasteiger partial charge in [-0.25, -0.2) is 17.4 Å². The van der Waals surface area contributed by atoms with Crippen molar-refractivity contribution in [2.75, 3.05) is 24.2 Å². The van der Waals surface area contributed by atoms with E-state index in [4.69, 9.17) is 0 Å². The summed E-state index contributed by atoms with van der Waals surface area (Å²) >= 11 is 0. The molecule has 0 saturated carbocycles. The monoisotopic (exact) mass is 466 g/mol. The second-order valence-electron chi connectivity index (χ2n) is 8.56. The summed E-state index contributed by atoms with van der Waals surface area (Å²) in [4.78, 5) is 13.7. The summed E-state index contributed by atoms with van der Waals surface area (Å²) in [7, 11) is -3.29. The zero-order valence-electron chi connectivity index (χ0n) is 19.1. The van der Waals surface area contributed by atoms with Crippen LogP contribution in [-0.4, -0.2) is 47.3 Å². The van der Waals surface area contributed by atoms with Gasteiger partial charge in [-0.15, -0.1) is 0 Å². The van der Waals surface area contributed by atoms with Crippen molar-refractivity contribution in [3.05, 3.63) is 83.6 Å². The zero-order valence-corrected chi connectivity index (χ0v) is 19.9. The quantitative estimate of drug-likeness (QED) is 0.577. The van der Waals surface area contributed by atoms with Crippen LogP contribution in [0.25, 0.3) is 0 Å². The van der Waals surface area contributed by atoms with Gasteiger partial charge in [0.15, 0.2) is 0 Å². The first kappa shape index (κ1) is 23.2. The smallest absolute Gasteiger partial charge is 0.236 e. The number of sulfonamides is 1. The third kappa shape index (κ3) is 4.86. The number of carbonyl (C=O) groups excluding carboxylic acids is 1. The normalized spacial score (nSPS) is 16.4. The van der Waals surface area contributed by atoms with Crippen LogP contribution in [0.4, 0.5) is 5.82 Å². The Labute approximate surface area is 195 Å². The van der Waals surface area contributed by atoms with Crippen LogP contribution in [0.2, 0.25) is 0 Å². The molecule has 0 spiro atoms. The SMILES string of the molecule is CCS(=O)(=O)N1CCC(C(=O)Nc2ccnn2Cc2ccc(C)cc2)(c2ccccc2)CC1. The minimum Gasteiger partial charge on any atom is -0.310 e. The lowest BCUT2D eigenvalue weighted by Gasteiger charge is -2.40. The molecular formula is C25H30N4O3S. The van der Waals surface area contributed by atoms with E-state index in [1.165, 1.54) is 9.87 Å². The number of amides is 1. The highest BCUT2D eigenvalue weighted by atomic mass is 32.2. The summed E-state index contributed by atoms with van der Waals surface area (Å²) in [6.07, 6.45) is 2.53. The molecular weight excluding hydrogens is 436 g/mol. The zero-order chi connectivity index (χ0) is 23.5. The van der Waals surface area contributed by atoms with Crippen LogP contribution in [0.1, 0.15) is 36.5 Å². The Kier molecular flexibility index (Phi) is 6.67. The van der Waals surface area contributed by atoms with Gasteiger partial charge in [0.1, 0.15) is 5.82 Å². The molecule has 3 aromatic rings. The third-order valence-corrected chi connectivity index (χ3v) is 8.39. The molecule has 1 aliphatic rings. The molecule has 7 nitrogen and oxygen atoms in total. The number of piperidine rings is 1. The van der Waals surface area contributed by atoms with E-state index in [2.05, 4.69) is 34.7 Å². The molecule has 1 amide bonds. The van der Waals surface area contributed by atoms with Crippen molar-refractivity contribution in [1.82, 2.24) is 14.1 Å². The first-order chi connectivity index (χ1) is 15.8. The minimum absolute atomic E-state index is 0.0652. The van der Waals surface area contributed by atoms with Crippen LogP contribution in [0.5, 0.6) is 0 Å². The Balaban J connectivity index is 1.58. The Hall–Kier alpha value is -2.97. The van der Waals surface area contributed by atoms with Gasteiger partial charge < -0.3 is 5.32 Å². The standard InChI is InChI=1S/C25H30N4O3S/c1-3-33(31,32)28-17-14-25(15-18-28,22-7-5-4-6-8-22)24(30)27-23-13-16-26-29(23)19-21-11-9-20(2)10-12-21/h4-13,16H,3,14-15,17-19H2,1-2H3,(H,27,30). The topological polar surface area (TPSA) is 84.3 Å². The molecule has 2 aromatic carbocycles. The van der Waals surface area contributed by atoms with E-state index in [1.807, 2.05) is 37.3 Å². The molecule has 2 heterocycles. The molecule has 33 heavy (non-hydrogen) atoms. The van der Waals surface area contributed by atoms with Gasteiger partial charge in [0.2, 0.25) is 15.9 Å². The molecule has 8 heteroatoms. The van der Waals surface area contributed by atoms with E-state index in [0.29, 0.717) is 38.3 Å². The highest BCUT2D eigenvalue weighted by Gasteiger charge is 2.44. The van der Waals surface area contributed by atoms with E-state index in [0.717, 1.165) is 11.1 Å². The minimum atomic E-state index is -3.29. The highest BCUT2D eigenvalue weighted by molar-refractivity contribution is 7.89. The van der Waals surface area contributed by atoms with Gasteiger partial charge in [-0.2, -0.15) is 5.10 Å². The molecule has 1 fully saturated rings. The number of anilines is 1. The van der Waals surface area contributed by atoms with E-state index in [9.17, 15) is 13.2 Å². The van der Waals surface area contributed by atoms with Crippen molar-refractivity contribution in [1.29, 1.82) is 0 Å². The Morgan fingerprint density at radius 2 is 1.70 bits per heavy atom. The lowest BCUT2D eigenvalue weighted by molar-refractivity contribution is -0.123. The third-order valence-electron chi connectivity index (χ3n) is 6.51. The number of benzene rings is 2. The van der Waals surface area contributed by atoms with E-state index >= 15 is 0 Å². The second kappa shape index (κ2) is 9.49. The van der Waals surface area contributed by atoms with Crippen molar-refractivity contribution in [3.8, 4) is 0 Å². The summed E-state index contributed by atoms with van der Waals surface area (Å²) < 4.78 is 28.0. The molecule has 1 aliphatic heterocycles. The molecule has 0 radical (unpaired) electrons. The molecule has 0 bridgehead atoms. The molecule has 0 aliphatic carbocycles. The number of aromatic nitrogens is 2. The second-order valence-corrected chi connectivity index (χ2v) is 10.8. The number of hydrogen-bond donors (Lipinski definition) is 1. The fraction of sp³-hybridized carbons (Fsp3) is 0.360. The van der Waals surface area contributed by atoms with Gasteiger partial charge in [-0.1, -0.05) is 60.2 Å². The van der Waals surface area contributed by atoms with Gasteiger partial charge in [-0.3, -0.25) is 4.79 Å². The molecule has 0 unspecified atom stereocenters. The predicted octanol–water partition coefficient (Wildman–Crippen LogP) is 3.56. The van der Waals surface area contributed by atoms with Crippen LogP contribution in [0.15, 0.2) is 66.9 Å². The highest BCUT2D eigenvalue weighted by Crippen LogP contribution is 2.37. The maximum absolute atomic E-state index is 13.7. The van der Waals surface area contributed by atoms with Gasteiger partial charge in [0.05, 0.1) is 23.9 Å². The fourth-order valence-corrected chi connectivity index (χ4v) is 5.50. The first-order valence-electron chi connectivity index (χ1n) is 11.3. The number of rotatable bonds is 7. The molecule has 4 rings (SSSR count). The van der Waals surface area contributed by atoms with Crippen LogP contribution in [0.3, 0.4) is 0 Å². The average Bonchev–Trinajstić information content (AvgIpc) is 3.27.